The van der Waals surface area contributed by atoms with Crippen molar-refractivity contribution in [1.82, 2.24) is 0 Å². The molecule has 6 nitrogen and oxygen atoms in total. The van der Waals surface area contributed by atoms with Gasteiger partial charge in [0.1, 0.15) is 0 Å². The van der Waals surface area contributed by atoms with E-state index in [0.29, 0.717) is 72.0 Å². The molecule has 0 amide bonds. The van der Waals surface area contributed by atoms with Crippen LogP contribution in [0.4, 0.5) is 0 Å². The van der Waals surface area contributed by atoms with E-state index in [2.05, 4.69) is 6.58 Å². The van der Waals surface area contributed by atoms with Gasteiger partial charge in [-0.25, -0.2) is 0 Å². The molecular formula is C18H32O6. The highest BCUT2D eigenvalue weighted by molar-refractivity contribution is 4.89. The third-order valence-corrected chi connectivity index (χ3v) is 4.34. The Morgan fingerprint density at radius 3 is 1.54 bits per heavy atom. The molecule has 2 rings (SSSR count). The van der Waals surface area contributed by atoms with Gasteiger partial charge in [-0.3, -0.25) is 0 Å². The highest BCUT2D eigenvalue weighted by atomic mass is 16.6. The van der Waals surface area contributed by atoms with Crippen LogP contribution >= 0.6 is 0 Å². The van der Waals surface area contributed by atoms with Gasteiger partial charge in [0.25, 0.3) is 0 Å². The average Bonchev–Trinajstić information content (AvgIpc) is 2.61. The molecule has 0 aromatic rings. The van der Waals surface area contributed by atoms with E-state index in [4.69, 9.17) is 28.4 Å². The Kier molecular flexibility index (Phi) is 10.6. The first-order chi connectivity index (χ1) is 11.9. The van der Waals surface area contributed by atoms with E-state index in [1.54, 1.807) is 0 Å². The van der Waals surface area contributed by atoms with E-state index >= 15 is 0 Å². The van der Waals surface area contributed by atoms with Crippen LogP contribution in [0.1, 0.15) is 19.3 Å². The van der Waals surface area contributed by atoms with Gasteiger partial charge in [0.15, 0.2) is 0 Å². The number of rotatable bonds is 1. The Morgan fingerprint density at radius 1 is 0.583 bits per heavy atom. The molecule has 1 aliphatic carbocycles. The molecule has 1 heterocycles. The van der Waals surface area contributed by atoms with Gasteiger partial charge >= 0.3 is 0 Å². The topological polar surface area (TPSA) is 55.4 Å². The lowest BCUT2D eigenvalue weighted by Crippen LogP contribution is -2.39. The minimum absolute atomic E-state index is 0.101. The number of fused-ring (bicyclic) bond motifs is 1. The third-order valence-electron chi connectivity index (χ3n) is 4.34. The Balaban J connectivity index is 1.75. The second-order valence-corrected chi connectivity index (χ2v) is 6.08. The molecule has 6 heteroatoms. The molecule has 0 N–H and O–H groups in total. The summed E-state index contributed by atoms with van der Waals surface area (Å²) in [6.45, 7) is 9.71. The van der Waals surface area contributed by atoms with Gasteiger partial charge in [0.2, 0.25) is 0 Å². The second kappa shape index (κ2) is 12.8. The monoisotopic (exact) mass is 344 g/mol. The summed E-state index contributed by atoms with van der Waals surface area (Å²) in [7, 11) is 0. The molecule has 0 bridgehead atoms. The molecule has 1 aliphatic heterocycles. The Morgan fingerprint density at radius 2 is 1.04 bits per heavy atom. The molecule has 24 heavy (non-hydrogen) atoms. The molecule has 2 aliphatic rings. The van der Waals surface area contributed by atoms with Crippen LogP contribution in [-0.2, 0) is 28.4 Å². The SMILES string of the molecule is C=CC1CCC2OCCOCCOCCOCCOCCOC2C1. The summed E-state index contributed by atoms with van der Waals surface area (Å²) in [5, 5.41) is 0. The van der Waals surface area contributed by atoms with Crippen molar-refractivity contribution in [3.63, 3.8) is 0 Å². The van der Waals surface area contributed by atoms with Crippen LogP contribution in [0.2, 0.25) is 0 Å². The fraction of sp³-hybridized carbons (Fsp3) is 0.889. The van der Waals surface area contributed by atoms with Crippen molar-refractivity contribution in [3.8, 4) is 0 Å². The van der Waals surface area contributed by atoms with Crippen molar-refractivity contribution in [2.75, 3.05) is 66.1 Å². The van der Waals surface area contributed by atoms with E-state index in [0.717, 1.165) is 19.3 Å². The molecule has 3 unspecified atom stereocenters. The van der Waals surface area contributed by atoms with E-state index in [1.807, 2.05) is 6.08 Å². The highest BCUT2D eigenvalue weighted by Crippen LogP contribution is 2.29. The maximum Gasteiger partial charge on any atom is 0.0843 e. The fourth-order valence-corrected chi connectivity index (χ4v) is 2.99. The maximum absolute atomic E-state index is 6.02. The van der Waals surface area contributed by atoms with E-state index in [1.165, 1.54) is 0 Å². The van der Waals surface area contributed by atoms with Gasteiger partial charge in [-0.2, -0.15) is 0 Å². The van der Waals surface area contributed by atoms with Crippen molar-refractivity contribution in [1.29, 1.82) is 0 Å². The van der Waals surface area contributed by atoms with Crippen molar-refractivity contribution >= 4 is 0 Å². The van der Waals surface area contributed by atoms with Gasteiger partial charge < -0.3 is 28.4 Å². The molecule has 140 valence electrons. The zero-order valence-electron chi connectivity index (χ0n) is 14.7. The summed E-state index contributed by atoms with van der Waals surface area (Å²) >= 11 is 0. The number of allylic oxidation sites excluding steroid dienone is 1. The van der Waals surface area contributed by atoms with Crippen LogP contribution < -0.4 is 0 Å². The Hall–Kier alpha value is -0.500. The second-order valence-electron chi connectivity index (χ2n) is 6.08. The largest absolute Gasteiger partial charge is 0.377 e. The average molecular weight is 344 g/mol. The molecule has 1 saturated heterocycles. The van der Waals surface area contributed by atoms with Crippen LogP contribution in [0.15, 0.2) is 12.7 Å². The molecule has 0 spiro atoms. The summed E-state index contributed by atoms with van der Waals surface area (Å²) in [6.07, 6.45) is 5.33. The lowest BCUT2D eigenvalue weighted by atomic mass is 9.85. The van der Waals surface area contributed by atoms with Gasteiger partial charge in [-0.15, -0.1) is 6.58 Å². The van der Waals surface area contributed by atoms with Gasteiger partial charge in [-0.1, -0.05) is 6.08 Å². The van der Waals surface area contributed by atoms with Crippen molar-refractivity contribution < 1.29 is 28.4 Å². The van der Waals surface area contributed by atoms with Crippen molar-refractivity contribution in [3.05, 3.63) is 12.7 Å². The van der Waals surface area contributed by atoms with Crippen LogP contribution in [0, 0.1) is 5.92 Å². The predicted molar refractivity (Wildman–Crippen MR) is 90.3 cm³/mol. The van der Waals surface area contributed by atoms with Crippen LogP contribution in [0.5, 0.6) is 0 Å². The first-order valence-electron chi connectivity index (χ1n) is 9.07. The summed E-state index contributed by atoms with van der Waals surface area (Å²) in [6, 6.07) is 0. The number of hydrogen-bond acceptors (Lipinski definition) is 6. The van der Waals surface area contributed by atoms with Gasteiger partial charge in [0, 0.05) is 0 Å². The van der Waals surface area contributed by atoms with Crippen molar-refractivity contribution in [2.45, 2.75) is 31.5 Å². The molecule has 0 radical (unpaired) electrons. The summed E-state index contributed by atoms with van der Waals surface area (Å²) in [5.41, 5.74) is 0. The minimum Gasteiger partial charge on any atom is -0.377 e. The predicted octanol–water partition coefficient (Wildman–Crippen LogP) is 1.82. The van der Waals surface area contributed by atoms with Crippen LogP contribution in [0.25, 0.3) is 0 Å². The number of hydrogen-bond donors (Lipinski definition) is 0. The normalized spacial score (nSPS) is 32.9. The van der Waals surface area contributed by atoms with E-state index in [-0.39, 0.29) is 12.2 Å². The van der Waals surface area contributed by atoms with E-state index < -0.39 is 0 Å². The molecule has 0 aromatic carbocycles. The Labute approximate surface area is 145 Å². The summed E-state index contributed by atoms with van der Waals surface area (Å²) in [5.74, 6) is 0.510. The van der Waals surface area contributed by atoms with Crippen LogP contribution in [-0.4, -0.2) is 78.3 Å². The lowest BCUT2D eigenvalue weighted by molar-refractivity contribution is -0.118. The molecule has 2 fully saturated rings. The summed E-state index contributed by atoms with van der Waals surface area (Å²) < 4.78 is 34.0. The van der Waals surface area contributed by atoms with E-state index in [9.17, 15) is 0 Å². The standard InChI is InChI=1S/C18H32O6/c1-2-16-3-4-17-18(15-16)24-14-12-22-10-8-20-6-5-19-7-9-21-11-13-23-17/h2,16-18H,1,3-15H2. The molecular weight excluding hydrogens is 312 g/mol. The highest BCUT2D eigenvalue weighted by Gasteiger charge is 2.30. The quantitative estimate of drug-likeness (QED) is 0.677. The van der Waals surface area contributed by atoms with Gasteiger partial charge in [0.05, 0.1) is 78.3 Å². The Bertz CT molecular complexity index is 325. The summed E-state index contributed by atoms with van der Waals surface area (Å²) in [4.78, 5) is 0. The number of ether oxygens (including phenoxy) is 6. The minimum atomic E-state index is 0.101. The molecule has 0 aromatic heterocycles. The fourth-order valence-electron chi connectivity index (χ4n) is 2.99. The zero-order chi connectivity index (χ0) is 16.9. The smallest absolute Gasteiger partial charge is 0.0843 e. The third kappa shape index (κ3) is 8.05. The first kappa shape index (κ1) is 19.8. The van der Waals surface area contributed by atoms with Crippen molar-refractivity contribution in [2.24, 2.45) is 5.92 Å². The molecule has 3 atom stereocenters. The maximum atomic E-state index is 6.02. The first-order valence-corrected chi connectivity index (χ1v) is 9.07. The van der Waals surface area contributed by atoms with Gasteiger partial charge in [-0.05, 0) is 25.2 Å². The molecule has 1 saturated carbocycles. The zero-order valence-corrected chi connectivity index (χ0v) is 14.7. The lowest BCUT2D eigenvalue weighted by Gasteiger charge is -2.35. The van der Waals surface area contributed by atoms with Crippen LogP contribution in [0.3, 0.4) is 0 Å².